The van der Waals surface area contributed by atoms with Crippen molar-refractivity contribution in [3.63, 3.8) is 0 Å². The Balaban J connectivity index is 3.15. The summed E-state index contributed by atoms with van der Waals surface area (Å²) in [6.07, 6.45) is 3.98. The van der Waals surface area contributed by atoms with Gasteiger partial charge in [-0.1, -0.05) is 24.8 Å². The summed E-state index contributed by atoms with van der Waals surface area (Å²) >= 11 is 0. The normalized spacial score (nSPS) is 12.1. The Morgan fingerprint density at radius 3 is 2.78 bits per heavy atom. The fraction of sp³-hybridized carbons (Fsp3) is 0.214. The average molecular weight is 248 g/mol. The molecule has 1 rings (SSSR count). The summed E-state index contributed by atoms with van der Waals surface area (Å²) in [4.78, 5) is 10.5. The van der Waals surface area contributed by atoms with E-state index >= 15 is 0 Å². The third kappa shape index (κ3) is 3.66. The number of carbonyl (C=O) groups is 1. The molecular formula is C14H16O4. The minimum Gasteiger partial charge on any atom is -0.493 e. The first kappa shape index (κ1) is 13.8. The van der Waals surface area contributed by atoms with Crippen LogP contribution in [0.2, 0.25) is 0 Å². The molecule has 4 heteroatoms. The number of benzene rings is 1. The second kappa shape index (κ2) is 6.49. The molecule has 1 N–H and O–H groups in total. The molecule has 0 radical (unpaired) electrons. The lowest BCUT2D eigenvalue weighted by atomic mass is 10.1. The molecule has 0 heterocycles. The maximum absolute atomic E-state index is 10.5. The van der Waals surface area contributed by atoms with Crippen molar-refractivity contribution in [3.8, 4) is 11.5 Å². The van der Waals surface area contributed by atoms with Gasteiger partial charge in [-0.3, -0.25) is 0 Å². The number of carboxylic acids is 1. The second-order valence-electron chi connectivity index (χ2n) is 3.61. The van der Waals surface area contributed by atoms with Crippen molar-refractivity contribution in [3.05, 3.63) is 42.5 Å². The molecule has 0 fully saturated rings. The number of carboxylic acid groups (broad SMARTS) is 1. The van der Waals surface area contributed by atoms with Gasteiger partial charge in [-0.2, -0.15) is 0 Å². The van der Waals surface area contributed by atoms with E-state index in [1.807, 2.05) is 6.92 Å². The highest BCUT2D eigenvalue weighted by Gasteiger charge is 2.11. The molecule has 1 atom stereocenters. The minimum absolute atomic E-state index is 0.196. The fourth-order valence-electron chi connectivity index (χ4n) is 1.35. The van der Waals surface area contributed by atoms with Crippen LogP contribution in [0.4, 0.5) is 0 Å². The maximum Gasteiger partial charge on any atom is 0.328 e. The molecule has 1 aromatic carbocycles. The molecule has 0 aromatic heterocycles. The van der Waals surface area contributed by atoms with Crippen LogP contribution in [-0.4, -0.2) is 24.3 Å². The fourth-order valence-corrected chi connectivity index (χ4v) is 1.35. The molecule has 1 aromatic rings. The first-order chi connectivity index (χ1) is 8.58. The van der Waals surface area contributed by atoms with Crippen LogP contribution in [0.1, 0.15) is 12.5 Å². The van der Waals surface area contributed by atoms with Gasteiger partial charge >= 0.3 is 5.97 Å². The van der Waals surface area contributed by atoms with Gasteiger partial charge in [-0.15, -0.1) is 0 Å². The summed E-state index contributed by atoms with van der Waals surface area (Å²) in [5, 5.41) is 8.65. The van der Waals surface area contributed by atoms with E-state index in [-0.39, 0.29) is 6.10 Å². The maximum atomic E-state index is 10.5. The highest BCUT2D eigenvalue weighted by molar-refractivity contribution is 5.86. The Kier molecular flexibility index (Phi) is 4.99. The molecule has 0 aliphatic carbocycles. The molecule has 0 spiro atoms. The standard InChI is InChI=1S/C14H16O4/c1-4-10(2)18-14-11(8-9-13(15)16)6-5-7-12(14)17-3/h4-10H,1H2,2-3H3,(H,15,16)/b9-8+. The topological polar surface area (TPSA) is 55.8 Å². The van der Waals surface area contributed by atoms with Crippen molar-refractivity contribution in [2.45, 2.75) is 13.0 Å². The van der Waals surface area contributed by atoms with Crippen LogP contribution in [0.5, 0.6) is 11.5 Å². The number of hydrogen-bond acceptors (Lipinski definition) is 3. The van der Waals surface area contributed by atoms with Crippen LogP contribution >= 0.6 is 0 Å². The number of methoxy groups -OCH3 is 1. The number of hydrogen-bond donors (Lipinski definition) is 1. The van der Waals surface area contributed by atoms with Gasteiger partial charge in [0.05, 0.1) is 7.11 Å². The van der Waals surface area contributed by atoms with Crippen molar-refractivity contribution in [1.29, 1.82) is 0 Å². The Morgan fingerprint density at radius 1 is 1.50 bits per heavy atom. The molecule has 0 aliphatic heterocycles. The Hall–Kier alpha value is -2.23. The third-order valence-corrected chi connectivity index (χ3v) is 2.27. The van der Waals surface area contributed by atoms with Gasteiger partial charge in [0.1, 0.15) is 6.10 Å². The van der Waals surface area contributed by atoms with Gasteiger partial charge in [0, 0.05) is 11.6 Å². The highest BCUT2D eigenvalue weighted by Crippen LogP contribution is 2.32. The van der Waals surface area contributed by atoms with Gasteiger partial charge < -0.3 is 14.6 Å². The van der Waals surface area contributed by atoms with Gasteiger partial charge in [0.25, 0.3) is 0 Å². The largest absolute Gasteiger partial charge is 0.493 e. The minimum atomic E-state index is -1.01. The van der Waals surface area contributed by atoms with E-state index < -0.39 is 5.97 Å². The molecule has 0 saturated carbocycles. The summed E-state index contributed by atoms with van der Waals surface area (Å²) in [5.74, 6) is 0.0432. The Morgan fingerprint density at radius 2 is 2.22 bits per heavy atom. The first-order valence-electron chi connectivity index (χ1n) is 5.45. The smallest absolute Gasteiger partial charge is 0.328 e. The monoisotopic (exact) mass is 248 g/mol. The second-order valence-corrected chi connectivity index (χ2v) is 3.61. The van der Waals surface area contributed by atoms with Gasteiger partial charge in [-0.05, 0) is 19.1 Å². The molecule has 0 amide bonds. The quantitative estimate of drug-likeness (QED) is 0.621. The van der Waals surface area contributed by atoms with E-state index in [0.29, 0.717) is 17.1 Å². The van der Waals surface area contributed by atoms with Gasteiger partial charge in [-0.25, -0.2) is 4.79 Å². The molecule has 18 heavy (non-hydrogen) atoms. The van der Waals surface area contributed by atoms with Crippen molar-refractivity contribution >= 4 is 12.0 Å². The van der Waals surface area contributed by atoms with Crippen molar-refractivity contribution in [2.24, 2.45) is 0 Å². The lowest BCUT2D eigenvalue weighted by Crippen LogP contribution is -2.09. The van der Waals surface area contributed by atoms with Crippen LogP contribution < -0.4 is 9.47 Å². The van der Waals surface area contributed by atoms with E-state index in [4.69, 9.17) is 14.6 Å². The van der Waals surface area contributed by atoms with E-state index in [9.17, 15) is 4.79 Å². The highest BCUT2D eigenvalue weighted by atomic mass is 16.5. The molecular weight excluding hydrogens is 232 g/mol. The lowest BCUT2D eigenvalue weighted by Gasteiger charge is -2.16. The Bertz CT molecular complexity index is 463. The predicted molar refractivity (Wildman–Crippen MR) is 70.0 cm³/mol. The molecule has 0 saturated heterocycles. The van der Waals surface area contributed by atoms with Crippen LogP contribution in [0.15, 0.2) is 36.9 Å². The molecule has 96 valence electrons. The van der Waals surface area contributed by atoms with Crippen LogP contribution in [-0.2, 0) is 4.79 Å². The third-order valence-electron chi connectivity index (χ3n) is 2.27. The zero-order valence-corrected chi connectivity index (χ0v) is 10.4. The summed E-state index contributed by atoms with van der Waals surface area (Å²) in [7, 11) is 1.53. The Labute approximate surface area is 106 Å². The SMILES string of the molecule is C=CC(C)Oc1c(/C=C/C(=O)O)cccc1OC. The summed E-state index contributed by atoms with van der Waals surface area (Å²) in [6, 6.07) is 5.28. The zero-order valence-electron chi connectivity index (χ0n) is 10.4. The molecule has 1 unspecified atom stereocenters. The molecule has 0 bridgehead atoms. The molecule has 0 aliphatic rings. The average Bonchev–Trinajstić information content (AvgIpc) is 2.36. The number of aliphatic carboxylic acids is 1. The predicted octanol–water partition coefficient (Wildman–Crippen LogP) is 2.75. The van der Waals surface area contributed by atoms with Gasteiger partial charge in [0.15, 0.2) is 11.5 Å². The van der Waals surface area contributed by atoms with E-state index in [1.165, 1.54) is 13.2 Å². The number of rotatable bonds is 6. The first-order valence-corrected chi connectivity index (χ1v) is 5.45. The lowest BCUT2D eigenvalue weighted by molar-refractivity contribution is -0.131. The van der Waals surface area contributed by atoms with Crippen molar-refractivity contribution < 1.29 is 19.4 Å². The summed E-state index contributed by atoms with van der Waals surface area (Å²) in [6.45, 7) is 5.48. The summed E-state index contributed by atoms with van der Waals surface area (Å²) < 4.78 is 10.9. The number of para-hydroxylation sites is 1. The van der Waals surface area contributed by atoms with E-state index in [2.05, 4.69) is 6.58 Å². The van der Waals surface area contributed by atoms with Crippen LogP contribution in [0, 0.1) is 0 Å². The van der Waals surface area contributed by atoms with E-state index in [0.717, 1.165) is 6.08 Å². The van der Waals surface area contributed by atoms with E-state index in [1.54, 1.807) is 24.3 Å². The van der Waals surface area contributed by atoms with Crippen LogP contribution in [0.3, 0.4) is 0 Å². The number of ether oxygens (including phenoxy) is 2. The zero-order chi connectivity index (χ0) is 13.5. The van der Waals surface area contributed by atoms with Gasteiger partial charge in [0.2, 0.25) is 0 Å². The molecule has 4 nitrogen and oxygen atoms in total. The summed E-state index contributed by atoms with van der Waals surface area (Å²) in [5.41, 5.74) is 0.644. The van der Waals surface area contributed by atoms with Crippen molar-refractivity contribution in [1.82, 2.24) is 0 Å². The van der Waals surface area contributed by atoms with Crippen LogP contribution in [0.25, 0.3) is 6.08 Å². The van der Waals surface area contributed by atoms with Crippen molar-refractivity contribution in [2.75, 3.05) is 7.11 Å².